The number of nitrogens with zero attached hydrogens (tertiary/aromatic N) is 2. The van der Waals surface area contributed by atoms with Crippen molar-refractivity contribution in [1.29, 1.82) is 0 Å². The molecule has 0 amide bonds. The summed E-state index contributed by atoms with van der Waals surface area (Å²) in [6.45, 7) is 1.97. The number of carbonyl (C=O) groups is 1. The third-order valence-corrected chi connectivity index (χ3v) is 5.66. The first-order valence-corrected chi connectivity index (χ1v) is 7.59. The van der Waals surface area contributed by atoms with Crippen LogP contribution in [0.2, 0.25) is 0 Å². The number of rotatable bonds is 3. The molecule has 3 rings (SSSR count). The number of carbonyl (C=O) groups excluding carboxylic acids is 1. The van der Waals surface area contributed by atoms with Crippen molar-refractivity contribution in [1.82, 2.24) is 9.78 Å². The molecule has 0 radical (unpaired) electrons. The normalized spacial score (nSPS) is 30.1. The van der Waals surface area contributed by atoms with E-state index in [4.69, 9.17) is 0 Å². The molecule has 0 saturated heterocycles. The summed E-state index contributed by atoms with van der Waals surface area (Å²) in [6.07, 6.45) is 5.72. The van der Waals surface area contributed by atoms with E-state index in [2.05, 4.69) is 21.0 Å². The van der Waals surface area contributed by atoms with E-state index in [9.17, 15) is 4.79 Å². The smallest absolute Gasteiger partial charge is 0.142 e. The van der Waals surface area contributed by atoms with E-state index in [1.54, 1.807) is 0 Å². The highest BCUT2D eigenvalue weighted by atomic mass is 79.9. The summed E-state index contributed by atoms with van der Waals surface area (Å²) in [5.41, 5.74) is 2.00. The molecule has 2 atom stereocenters. The molecule has 2 fully saturated rings. The average Bonchev–Trinajstić information content (AvgIpc) is 3.03. The molecule has 0 spiro atoms. The molecule has 1 aromatic rings. The first kappa shape index (κ1) is 12.4. The van der Waals surface area contributed by atoms with Crippen molar-refractivity contribution in [2.75, 3.05) is 0 Å². The SMILES string of the molecule is Cc1nn(C)c(CC(=O)C2C3CCCCC32)c1Br. The first-order valence-electron chi connectivity index (χ1n) is 6.80. The van der Waals surface area contributed by atoms with Crippen LogP contribution in [-0.4, -0.2) is 15.6 Å². The van der Waals surface area contributed by atoms with Gasteiger partial charge in [0.2, 0.25) is 0 Å². The van der Waals surface area contributed by atoms with Gasteiger partial charge in [0, 0.05) is 19.4 Å². The molecule has 2 aliphatic rings. The molecule has 1 heterocycles. The Morgan fingerprint density at radius 1 is 1.39 bits per heavy atom. The molecule has 0 N–H and O–H groups in total. The lowest BCUT2D eigenvalue weighted by Crippen LogP contribution is -2.11. The highest BCUT2D eigenvalue weighted by molar-refractivity contribution is 9.10. The lowest BCUT2D eigenvalue weighted by molar-refractivity contribution is -0.120. The molecule has 2 saturated carbocycles. The number of hydrogen-bond acceptors (Lipinski definition) is 2. The Hall–Kier alpha value is -0.640. The van der Waals surface area contributed by atoms with Crippen molar-refractivity contribution in [3.8, 4) is 0 Å². The van der Waals surface area contributed by atoms with Gasteiger partial charge in [0.1, 0.15) is 5.78 Å². The Morgan fingerprint density at radius 2 is 2.00 bits per heavy atom. The fourth-order valence-corrected chi connectivity index (χ4v) is 4.10. The second kappa shape index (κ2) is 4.48. The Bertz CT molecular complexity index is 482. The van der Waals surface area contributed by atoms with Crippen molar-refractivity contribution in [3.05, 3.63) is 15.9 Å². The van der Waals surface area contributed by atoms with Crippen LogP contribution in [-0.2, 0) is 18.3 Å². The van der Waals surface area contributed by atoms with Gasteiger partial charge in [-0.15, -0.1) is 0 Å². The minimum Gasteiger partial charge on any atom is -0.299 e. The average molecular weight is 311 g/mol. The quantitative estimate of drug-likeness (QED) is 0.860. The molecule has 1 aromatic heterocycles. The zero-order valence-corrected chi connectivity index (χ0v) is 12.5. The molecular weight excluding hydrogens is 292 g/mol. The standard InChI is InChI=1S/C14H19BrN2O/c1-8-14(15)11(17(2)16-8)7-12(18)13-9-5-3-4-6-10(9)13/h9-10,13H,3-7H2,1-2H3. The predicted molar refractivity (Wildman–Crippen MR) is 73.3 cm³/mol. The van der Waals surface area contributed by atoms with E-state index in [1.165, 1.54) is 25.7 Å². The number of hydrogen-bond donors (Lipinski definition) is 0. The van der Waals surface area contributed by atoms with Gasteiger partial charge in [-0.2, -0.15) is 5.10 Å². The van der Waals surface area contributed by atoms with Crippen LogP contribution < -0.4 is 0 Å². The van der Waals surface area contributed by atoms with Gasteiger partial charge in [0.05, 0.1) is 15.9 Å². The topological polar surface area (TPSA) is 34.9 Å². The molecule has 4 heteroatoms. The predicted octanol–water partition coefficient (Wildman–Crippen LogP) is 3.04. The number of aromatic nitrogens is 2. The van der Waals surface area contributed by atoms with Crippen LogP contribution in [0.15, 0.2) is 4.47 Å². The van der Waals surface area contributed by atoms with E-state index in [0.29, 0.717) is 30.0 Å². The lowest BCUT2D eigenvalue weighted by Gasteiger charge is -2.04. The third-order valence-electron chi connectivity index (χ3n) is 4.63. The number of fused-ring (bicyclic) bond motifs is 1. The van der Waals surface area contributed by atoms with Crippen LogP contribution in [0.1, 0.15) is 37.1 Å². The van der Waals surface area contributed by atoms with Crippen LogP contribution in [0.5, 0.6) is 0 Å². The second-order valence-electron chi connectivity index (χ2n) is 5.75. The fourth-order valence-electron chi connectivity index (χ4n) is 3.62. The molecule has 0 aromatic carbocycles. The van der Waals surface area contributed by atoms with Gasteiger partial charge >= 0.3 is 0 Å². The van der Waals surface area contributed by atoms with Gasteiger partial charge in [0.25, 0.3) is 0 Å². The summed E-state index contributed by atoms with van der Waals surface area (Å²) >= 11 is 3.54. The van der Waals surface area contributed by atoms with Crippen molar-refractivity contribution in [2.45, 2.75) is 39.0 Å². The molecule has 0 bridgehead atoms. The van der Waals surface area contributed by atoms with Crippen molar-refractivity contribution in [2.24, 2.45) is 24.8 Å². The van der Waals surface area contributed by atoms with Crippen molar-refractivity contribution >= 4 is 21.7 Å². The van der Waals surface area contributed by atoms with Gasteiger partial charge < -0.3 is 0 Å². The van der Waals surface area contributed by atoms with Gasteiger partial charge in [-0.25, -0.2) is 0 Å². The van der Waals surface area contributed by atoms with Crippen LogP contribution >= 0.6 is 15.9 Å². The fraction of sp³-hybridized carbons (Fsp3) is 0.714. The van der Waals surface area contributed by atoms with Crippen molar-refractivity contribution in [3.63, 3.8) is 0 Å². The van der Waals surface area contributed by atoms with Crippen LogP contribution in [0, 0.1) is 24.7 Å². The highest BCUT2D eigenvalue weighted by Gasteiger charge is 2.54. The van der Waals surface area contributed by atoms with E-state index in [1.807, 2.05) is 18.7 Å². The Balaban J connectivity index is 1.72. The monoisotopic (exact) mass is 310 g/mol. The highest BCUT2D eigenvalue weighted by Crippen LogP contribution is 2.56. The van der Waals surface area contributed by atoms with Crippen molar-refractivity contribution < 1.29 is 4.79 Å². The Labute approximate surface area is 116 Å². The molecule has 0 aliphatic heterocycles. The number of Topliss-reactive ketones (excluding diaryl/α,β-unsaturated/α-hetero) is 1. The van der Waals surface area contributed by atoms with Crippen LogP contribution in [0.3, 0.4) is 0 Å². The maximum Gasteiger partial charge on any atom is 0.142 e. The minimum atomic E-state index is 0.356. The first-order chi connectivity index (χ1) is 8.59. The van der Waals surface area contributed by atoms with Gasteiger partial charge in [0.15, 0.2) is 0 Å². The van der Waals surface area contributed by atoms with Crippen LogP contribution in [0.4, 0.5) is 0 Å². The minimum absolute atomic E-state index is 0.356. The molecule has 98 valence electrons. The summed E-state index contributed by atoms with van der Waals surface area (Å²) < 4.78 is 2.84. The summed E-state index contributed by atoms with van der Waals surface area (Å²) in [6, 6.07) is 0. The van der Waals surface area contributed by atoms with E-state index >= 15 is 0 Å². The number of halogens is 1. The van der Waals surface area contributed by atoms with E-state index in [0.717, 1.165) is 15.9 Å². The Morgan fingerprint density at radius 3 is 2.50 bits per heavy atom. The largest absolute Gasteiger partial charge is 0.299 e. The molecule has 2 unspecified atom stereocenters. The van der Waals surface area contributed by atoms with Gasteiger partial charge in [-0.1, -0.05) is 12.8 Å². The van der Waals surface area contributed by atoms with E-state index < -0.39 is 0 Å². The van der Waals surface area contributed by atoms with Gasteiger partial charge in [-0.05, 0) is 47.5 Å². The summed E-state index contributed by atoms with van der Waals surface area (Å²) in [5.74, 6) is 2.20. The molecule has 3 nitrogen and oxygen atoms in total. The Kier molecular flexibility index (Phi) is 3.08. The molecule has 18 heavy (non-hydrogen) atoms. The maximum atomic E-state index is 12.4. The maximum absolute atomic E-state index is 12.4. The van der Waals surface area contributed by atoms with Gasteiger partial charge in [-0.3, -0.25) is 9.48 Å². The second-order valence-corrected chi connectivity index (χ2v) is 6.54. The summed E-state index contributed by atoms with van der Waals surface area (Å²) in [5, 5.41) is 4.35. The zero-order chi connectivity index (χ0) is 12.9. The third kappa shape index (κ3) is 1.94. The van der Waals surface area contributed by atoms with Crippen LogP contribution in [0.25, 0.3) is 0 Å². The van der Waals surface area contributed by atoms with E-state index in [-0.39, 0.29) is 0 Å². The molecular formula is C14H19BrN2O. The molecule has 2 aliphatic carbocycles. The lowest BCUT2D eigenvalue weighted by atomic mass is 10.0. The summed E-state index contributed by atoms with van der Waals surface area (Å²) in [4.78, 5) is 12.4. The zero-order valence-electron chi connectivity index (χ0n) is 10.9. The number of ketones is 1. The summed E-state index contributed by atoms with van der Waals surface area (Å²) in [7, 11) is 1.92. The number of aryl methyl sites for hydroxylation is 2.